The highest BCUT2D eigenvalue weighted by atomic mass is 16.6. The van der Waals surface area contributed by atoms with Gasteiger partial charge in [0.05, 0.1) is 11.5 Å². The summed E-state index contributed by atoms with van der Waals surface area (Å²) in [5, 5.41) is 16.2. The summed E-state index contributed by atoms with van der Waals surface area (Å²) in [5.74, 6) is -0.157. The lowest BCUT2D eigenvalue weighted by atomic mass is 10.1. The van der Waals surface area contributed by atoms with Crippen LogP contribution in [-0.4, -0.2) is 24.4 Å². The molecule has 0 bridgehead atoms. The smallest absolute Gasteiger partial charge is 0.274 e. The van der Waals surface area contributed by atoms with Gasteiger partial charge in [-0.15, -0.1) is 0 Å². The first-order valence-electron chi connectivity index (χ1n) is 5.23. The summed E-state index contributed by atoms with van der Waals surface area (Å²) < 4.78 is 0. The van der Waals surface area contributed by atoms with Crippen LogP contribution in [0.4, 0.5) is 5.69 Å². The van der Waals surface area contributed by atoms with Gasteiger partial charge in [0, 0.05) is 24.7 Å². The van der Waals surface area contributed by atoms with E-state index in [-0.39, 0.29) is 24.2 Å². The molecule has 92 valence electrons. The number of rotatable bonds is 5. The monoisotopic (exact) mass is 237 g/mol. The number of nitro benzene ring substituents is 1. The zero-order valence-corrected chi connectivity index (χ0v) is 9.77. The molecule has 1 rings (SSSR count). The van der Waals surface area contributed by atoms with Crippen molar-refractivity contribution >= 4 is 11.6 Å². The minimum absolute atomic E-state index is 0.0596. The fraction of sp³-hybridized carbons (Fsp3) is 0.364. The van der Waals surface area contributed by atoms with Gasteiger partial charge in [0.2, 0.25) is 5.91 Å². The summed E-state index contributed by atoms with van der Waals surface area (Å²) >= 11 is 0. The normalized spacial score (nSPS) is 11.9. The Labute approximate surface area is 99.2 Å². The number of para-hydroxylation sites is 1. The Kier molecular flexibility index (Phi) is 4.59. The van der Waals surface area contributed by atoms with Crippen LogP contribution in [0.3, 0.4) is 0 Å². The lowest BCUT2D eigenvalue weighted by molar-refractivity contribution is -0.385. The molecule has 0 fully saturated rings. The highest BCUT2D eigenvalue weighted by Gasteiger charge is 2.17. The van der Waals surface area contributed by atoms with E-state index in [9.17, 15) is 14.9 Å². The number of nitro groups is 1. The van der Waals surface area contributed by atoms with Crippen LogP contribution >= 0.6 is 0 Å². The molecule has 1 atom stereocenters. The van der Waals surface area contributed by atoms with Crippen molar-refractivity contribution in [3.63, 3.8) is 0 Å². The lowest BCUT2D eigenvalue weighted by Gasteiger charge is -2.13. The number of likely N-dealkylation sites (N-methyl/N-ethyl adjacent to an activating group) is 1. The molecule has 2 N–H and O–H groups in total. The molecular formula is C11H15N3O3. The molecule has 0 aliphatic rings. The second-order valence-electron chi connectivity index (χ2n) is 3.59. The maximum absolute atomic E-state index is 11.1. The van der Waals surface area contributed by atoms with Crippen LogP contribution in [-0.2, 0) is 4.79 Å². The third kappa shape index (κ3) is 3.53. The number of hydrogen-bond acceptors (Lipinski definition) is 4. The Morgan fingerprint density at radius 1 is 1.47 bits per heavy atom. The fourth-order valence-electron chi connectivity index (χ4n) is 1.46. The van der Waals surface area contributed by atoms with Crippen LogP contribution in [0.15, 0.2) is 24.3 Å². The number of carbonyl (C=O) groups excluding carboxylic acids is 1. The molecule has 0 aliphatic heterocycles. The van der Waals surface area contributed by atoms with Gasteiger partial charge in [-0.2, -0.15) is 0 Å². The van der Waals surface area contributed by atoms with Gasteiger partial charge in [-0.1, -0.05) is 18.2 Å². The van der Waals surface area contributed by atoms with Crippen molar-refractivity contribution in [1.29, 1.82) is 0 Å². The molecule has 1 amide bonds. The SMILES string of the molecule is CNC(=O)CNC(C)c1ccccc1[N+](=O)[O-]. The Morgan fingerprint density at radius 2 is 2.12 bits per heavy atom. The highest BCUT2D eigenvalue weighted by molar-refractivity contribution is 5.77. The van der Waals surface area contributed by atoms with Gasteiger partial charge in [-0.05, 0) is 6.92 Å². The van der Waals surface area contributed by atoms with Crippen LogP contribution in [0.25, 0.3) is 0 Å². The average Bonchev–Trinajstić information content (AvgIpc) is 2.35. The van der Waals surface area contributed by atoms with E-state index in [0.29, 0.717) is 5.56 Å². The minimum atomic E-state index is -0.423. The van der Waals surface area contributed by atoms with Crippen LogP contribution in [0.5, 0.6) is 0 Å². The Hall–Kier alpha value is -1.95. The molecular weight excluding hydrogens is 222 g/mol. The molecule has 6 heteroatoms. The molecule has 1 aromatic rings. The maximum atomic E-state index is 11.1. The molecule has 0 saturated heterocycles. The van der Waals surface area contributed by atoms with Crippen molar-refractivity contribution in [3.05, 3.63) is 39.9 Å². The van der Waals surface area contributed by atoms with Crippen molar-refractivity contribution in [2.45, 2.75) is 13.0 Å². The second kappa shape index (κ2) is 5.95. The van der Waals surface area contributed by atoms with E-state index in [0.717, 1.165) is 0 Å². The molecule has 0 aromatic heterocycles. The van der Waals surface area contributed by atoms with Crippen LogP contribution < -0.4 is 10.6 Å². The van der Waals surface area contributed by atoms with Gasteiger partial charge in [0.15, 0.2) is 0 Å². The Bertz CT molecular complexity index is 420. The van der Waals surface area contributed by atoms with Crippen molar-refractivity contribution in [2.75, 3.05) is 13.6 Å². The van der Waals surface area contributed by atoms with Crippen LogP contribution in [0.1, 0.15) is 18.5 Å². The summed E-state index contributed by atoms with van der Waals surface area (Å²) in [4.78, 5) is 21.5. The summed E-state index contributed by atoms with van der Waals surface area (Å²) in [6, 6.07) is 6.23. The van der Waals surface area contributed by atoms with E-state index in [1.54, 1.807) is 32.2 Å². The summed E-state index contributed by atoms with van der Waals surface area (Å²) in [6.07, 6.45) is 0. The topological polar surface area (TPSA) is 84.3 Å². The zero-order valence-electron chi connectivity index (χ0n) is 9.77. The predicted octanol–water partition coefficient (Wildman–Crippen LogP) is 0.991. The van der Waals surface area contributed by atoms with E-state index in [2.05, 4.69) is 10.6 Å². The molecule has 0 saturated carbocycles. The van der Waals surface area contributed by atoms with Gasteiger partial charge in [-0.3, -0.25) is 14.9 Å². The fourth-order valence-corrected chi connectivity index (χ4v) is 1.46. The molecule has 0 spiro atoms. The number of benzene rings is 1. The van der Waals surface area contributed by atoms with E-state index < -0.39 is 4.92 Å². The predicted molar refractivity (Wildman–Crippen MR) is 63.6 cm³/mol. The number of hydrogen-bond donors (Lipinski definition) is 2. The first-order valence-corrected chi connectivity index (χ1v) is 5.23. The van der Waals surface area contributed by atoms with E-state index in [4.69, 9.17) is 0 Å². The Morgan fingerprint density at radius 3 is 2.71 bits per heavy atom. The third-order valence-corrected chi connectivity index (χ3v) is 2.45. The van der Waals surface area contributed by atoms with Gasteiger partial charge in [-0.25, -0.2) is 0 Å². The van der Waals surface area contributed by atoms with Crippen molar-refractivity contribution in [3.8, 4) is 0 Å². The average molecular weight is 237 g/mol. The van der Waals surface area contributed by atoms with Crippen LogP contribution in [0.2, 0.25) is 0 Å². The maximum Gasteiger partial charge on any atom is 0.274 e. The van der Waals surface area contributed by atoms with Gasteiger partial charge in [0.1, 0.15) is 0 Å². The number of nitrogens with zero attached hydrogens (tertiary/aromatic N) is 1. The molecule has 1 aromatic carbocycles. The zero-order chi connectivity index (χ0) is 12.8. The largest absolute Gasteiger partial charge is 0.358 e. The molecule has 1 unspecified atom stereocenters. The van der Waals surface area contributed by atoms with Crippen LogP contribution in [0, 0.1) is 10.1 Å². The van der Waals surface area contributed by atoms with Crippen molar-refractivity contribution in [2.24, 2.45) is 0 Å². The summed E-state index contributed by atoms with van der Waals surface area (Å²) in [7, 11) is 1.54. The van der Waals surface area contributed by atoms with E-state index in [1.807, 2.05) is 0 Å². The lowest BCUT2D eigenvalue weighted by Crippen LogP contribution is -2.33. The molecule has 0 aliphatic carbocycles. The van der Waals surface area contributed by atoms with E-state index >= 15 is 0 Å². The first-order chi connectivity index (χ1) is 8.06. The molecule has 6 nitrogen and oxygen atoms in total. The van der Waals surface area contributed by atoms with Crippen molar-refractivity contribution < 1.29 is 9.72 Å². The third-order valence-electron chi connectivity index (χ3n) is 2.45. The van der Waals surface area contributed by atoms with Crippen molar-refractivity contribution in [1.82, 2.24) is 10.6 Å². The first kappa shape index (κ1) is 13.1. The summed E-state index contributed by atoms with van der Waals surface area (Å²) in [6.45, 7) is 1.91. The second-order valence-corrected chi connectivity index (χ2v) is 3.59. The van der Waals surface area contributed by atoms with E-state index in [1.165, 1.54) is 6.07 Å². The highest BCUT2D eigenvalue weighted by Crippen LogP contribution is 2.23. The molecule has 0 heterocycles. The van der Waals surface area contributed by atoms with Gasteiger partial charge in [0.25, 0.3) is 5.69 Å². The molecule has 0 radical (unpaired) electrons. The number of nitrogens with one attached hydrogen (secondary N) is 2. The van der Waals surface area contributed by atoms with Gasteiger partial charge < -0.3 is 10.6 Å². The molecule has 17 heavy (non-hydrogen) atoms. The number of amides is 1. The van der Waals surface area contributed by atoms with Gasteiger partial charge >= 0.3 is 0 Å². The summed E-state index contributed by atoms with van der Waals surface area (Å²) in [5.41, 5.74) is 0.630. The Balaban J connectivity index is 2.78. The number of carbonyl (C=O) groups is 1. The standard InChI is InChI=1S/C11H15N3O3/c1-8(13-7-11(15)12-2)9-5-3-4-6-10(9)14(16)17/h3-6,8,13H,7H2,1-2H3,(H,12,15). The minimum Gasteiger partial charge on any atom is -0.358 e. The quantitative estimate of drug-likeness (QED) is 0.591.